The molecule has 0 aliphatic heterocycles. The quantitative estimate of drug-likeness (QED) is 0.821. The van der Waals surface area contributed by atoms with Gasteiger partial charge in [-0.05, 0) is 45.9 Å². The standard InChI is InChI=1S/C16H21FN2O5/c1-9(18-15(22)24-16(2,3)4)13(20)19-12-8-10(14(21)23-5)6-7-11(12)17/h6-9H,1-5H3,(H,18,22)(H,19,20)/t9-/m0/s1. The van der Waals surface area contributed by atoms with Crippen LogP contribution < -0.4 is 10.6 Å². The number of hydrogen-bond acceptors (Lipinski definition) is 5. The van der Waals surface area contributed by atoms with Crippen LogP contribution in [0, 0.1) is 5.82 Å². The third-order valence-electron chi connectivity index (χ3n) is 2.77. The van der Waals surface area contributed by atoms with E-state index in [1.807, 2.05) is 0 Å². The van der Waals surface area contributed by atoms with Gasteiger partial charge in [0.25, 0.3) is 0 Å². The second kappa shape index (κ2) is 7.76. The van der Waals surface area contributed by atoms with E-state index in [4.69, 9.17) is 4.74 Å². The van der Waals surface area contributed by atoms with Gasteiger partial charge in [-0.1, -0.05) is 0 Å². The molecule has 0 aromatic heterocycles. The van der Waals surface area contributed by atoms with E-state index in [2.05, 4.69) is 15.4 Å². The molecule has 2 amide bonds. The zero-order valence-electron chi connectivity index (χ0n) is 14.2. The van der Waals surface area contributed by atoms with E-state index in [9.17, 15) is 18.8 Å². The largest absolute Gasteiger partial charge is 0.465 e. The third-order valence-corrected chi connectivity index (χ3v) is 2.77. The lowest BCUT2D eigenvalue weighted by Crippen LogP contribution is -2.44. The number of anilines is 1. The predicted octanol–water partition coefficient (Wildman–Crippen LogP) is 2.46. The molecular weight excluding hydrogens is 319 g/mol. The molecule has 8 heteroatoms. The first-order valence-corrected chi connectivity index (χ1v) is 7.21. The van der Waals surface area contributed by atoms with Crippen molar-refractivity contribution in [1.29, 1.82) is 0 Å². The number of carbonyl (C=O) groups excluding carboxylic acids is 3. The van der Waals surface area contributed by atoms with Gasteiger partial charge in [0.1, 0.15) is 17.5 Å². The van der Waals surface area contributed by atoms with E-state index in [0.29, 0.717) is 0 Å². The molecule has 0 aliphatic carbocycles. The smallest absolute Gasteiger partial charge is 0.408 e. The average Bonchev–Trinajstić information content (AvgIpc) is 2.46. The van der Waals surface area contributed by atoms with E-state index in [-0.39, 0.29) is 11.3 Å². The summed E-state index contributed by atoms with van der Waals surface area (Å²) in [4.78, 5) is 35.1. The Morgan fingerprint density at radius 1 is 1.21 bits per heavy atom. The fraction of sp³-hybridized carbons (Fsp3) is 0.438. The molecule has 1 rings (SSSR count). The summed E-state index contributed by atoms with van der Waals surface area (Å²) in [7, 11) is 1.19. The number of nitrogens with one attached hydrogen (secondary N) is 2. The van der Waals surface area contributed by atoms with Crippen LogP contribution in [0.4, 0.5) is 14.9 Å². The lowest BCUT2D eigenvalue weighted by atomic mass is 10.2. The molecule has 0 bridgehead atoms. The van der Waals surface area contributed by atoms with Crippen molar-refractivity contribution in [2.45, 2.75) is 39.3 Å². The Bertz CT molecular complexity index is 640. The number of carbonyl (C=O) groups is 3. The van der Waals surface area contributed by atoms with Gasteiger partial charge < -0.3 is 20.1 Å². The van der Waals surface area contributed by atoms with Crippen molar-refractivity contribution < 1.29 is 28.2 Å². The van der Waals surface area contributed by atoms with Crippen LogP contribution in [0.1, 0.15) is 38.1 Å². The zero-order valence-corrected chi connectivity index (χ0v) is 14.2. The molecule has 0 radical (unpaired) electrons. The van der Waals surface area contributed by atoms with Crippen molar-refractivity contribution in [3.63, 3.8) is 0 Å². The number of hydrogen-bond donors (Lipinski definition) is 2. The molecule has 2 N–H and O–H groups in total. The second-order valence-electron chi connectivity index (χ2n) is 6.04. The Labute approximate surface area is 139 Å². The van der Waals surface area contributed by atoms with E-state index in [1.165, 1.54) is 20.1 Å². The van der Waals surface area contributed by atoms with Crippen LogP contribution >= 0.6 is 0 Å². The van der Waals surface area contributed by atoms with Crippen molar-refractivity contribution >= 4 is 23.7 Å². The number of esters is 1. The maximum Gasteiger partial charge on any atom is 0.408 e. The summed E-state index contributed by atoms with van der Waals surface area (Å²) < 4.78 is 23.3. The molecule has 0 saturated heterocycles. The van der Waals surface area contributed by atoms with Gasteiger partial charge in [0.2, 0.25) is 5.91 Å². The minimum absolute atomic E-state index is 0.0851. The number of ether oxygens (including phenoxy) is 2. The van der Waals surface area contributed by atoms with Crippen LogP contribution in [0.5, 0.6) is 0 Å². The van der Waals surface area contributed by atoms with E-state index < -0.39 is 35.4 Å². The molecule has 0 aliphatic rings. The molecule has 0 unspecified atom stereocenters. The highest BCUT2D eigenvalue weighted by Gasteiger charge is 2.22. The zero-order chi connectivity index (χ0) is 18.5. The molecule has 1 atom stereocenters. The number of benzene rings is 1. The summed E-state index contributed by atoms with van der Waals surface area (Å²) >= 11 is 0. The van der Waals surface area contributed by atoms with Gasteiger partial charge in [0.05, 0.1) is 18.4 Å². The van der Waals surface area contributed by atoms with Gasteiger partial charge in [-0.25, -0.2) is 14.0 Å². The summed E-state index contributed by atoms with van der Waals surface area (Å²) in [5, 5.41) is 4.64. The highest BCUT2D eigenvalue weighted by atomic mass is 19.1. The van der Waals surface area contributed by atoms with Crippen LogP contribution in [0.2, 0.25) is 0 Å². The Kier molecular flexibility index (Phi) is 6.27. The van der Waals surface area contributed by atoms with Crippen molar-refractivity contribution in [3.8, 4) is 0 Å². The van der Waals surface area contributed by atoms with Crippen LogP contribution in [-0.4, -0.2) is 36.7 Å². The van der Waals surface area contributed by atoms with Crippen LogP contribution in [0.3, 0.4) is 0 Å². The van der Waals surface area contributed by atoms with Crippen molar-refractivity contribution in [1.82, 2.24) is 5.32 Å². The first-order chi connectivity index (χ1) is 11.0. The summed E-state index contributed by atoms with van der Waals surface area (Å²) in [6, 6.07) is 2.45. The van der Waals surface area contributed by atoms with Gasteiger partial charge in [0, 0.05) is 0 Å². The Morgan fingerprint density at radius 3 is 2.38 bits per heavy atom. The van der Waals surface area contributed by atoms with Gasteiger partial charge >= 0.3 is 12.1 Å². The van der Waals surface area contributed by atoms with E-state index in [1.54, 1.807) is 20.8 Å². The fourth-order valence-electron chi connectivity index (χ4n) is 1.66. The first kappa shape index (κ1) is 19.4. The molecule has 0 saturated carbocycles. The summed E-state index contributed by atoms with van der Waals surface area (Å²) in [6.45, 7) is 6.47. The van der Waals surface area contributed by atoms with E-state index in [0.717, 1.165) is 12.1 Å². The number of alkyl carbamates (subject to hydrolysis) is 1. The maximum absolute atomic E-state index is 13.8. The molecule has 0 spiro atoms. The lowest BCUT2D eigenvalue weighted by Gasteiger charge is -2.21. The molecule has 0 fully saturated rings. The van der Waals surface area contributed by atoms with Gasteiger partial charge in [-0.15, -0.1) is 0 Å². The Hall–Kier alpha value is -2.64. The Balaban J connectivity index is 2.76. The SMILES string of the molecule is COC(=O)c1ccc(F)c(NC(=O)[C@H](C)NC(=O)OC(C)(C)C)c1. The molecular formula is C16H21FN2O5. The number of amides is 2. The van der Waals surface area contributed by atoms with Crippen LogP contribution in [-0.2, 0) is 14.3 Å². The number of methoxy groups -OCH3 is 1. The molecule has 0 heterocycles. The monoisotopic (exact) mass is 340 g/mol. The molecule has 1 aromatic carbocycles. The second-order valence-corrected chi connectivity index (χ2v) is 6.04. The summed E-state index contributed by atoms with van der Waals surface area (Å²) in [5.74, 6) is -2.05. The predicted molar refractivity (Wildman–Crippen MR) is 85.2 cm³/mol. The molecule has 24 heavy (non-hydrogen) atoms. The van der Waals surface area contributed by atoms with Crippen LogP contribution in [0.15, 0.2) is 18.2 Å². The number of rotatable bonds is 4. The van der Waals surface area contributed by atoms with Gasteiger partial charge in [0.15, 0.2) is 0 Å². The fourth-order valence-corrected chi connectivity index (χ4v) is 1.66. The van der Waals surface area contributed by atoms with Crippen molar-refractivity contribution in [2.24, 2.45) is 0 Å². The van der Waals surface area contributed by atoms with Gasteiger partial charge in [-0.3, -0.25) is 4.79 Å². The molecule has 7 nitrogen and oxygen atoms in total. The summed E-state index contributed by atoms with van der Waals surface area (Å²) in [5.41, 5.74) is -0.816. The highest BCUT2D eigenvalue weighted by molar-refractivity contribution is 5.98. The van der Waals surface area contributed by atoms with Crippen molar-refractivity contribution in [2.75, 3.05) is 12.4 Å². The molecule has 132 valence electrons. The number of halogens is 1. The third kappa shape index (κ3) is 5.86. The normalized spacial score (nSPS) is 12.1. The van der Waals surface area contributed by atoms with Crippen LogP contribution in [0.25, 0.3) is 0 Å². The highest BCUT2D eigenvalue weighted by Crippen LogP contribution is 2.17. The summed E-state index contributed by atoms with van der Waals surface area (Å²) in [6.07, 6.45) is -0.770. The minimum atomic E-state index is -0.971. The Morgan fingerprint density at radius 2 is 1.83 bits per heavy atom. The van der Waals surface area contributed by atoms with Crippen molar-refractivity contribution in [3.05, 3.63) is 29.6 Å². The molecule has 1 aromatic rings. The minimum Gasteiger partial charge on any atom is -0.465 e. The average molecular weight is 340 g/mol. The lowest BCUT2D eigenvalue weighted by molar-refractivity contribution is -0.117. The van der Waals surface area contributed by atoms with Gasteiger partial charge in [-0.2, -0.15) is 0 Å². The van der Waals surface area contributed by atoms with E-state index >= 15 is 0 Å². The maximum atomic E-state index is 13.8. The topological polar surface area (TPSA) is 93.7 Å². The first-order valence-electron chi connectivity index (χ1n) is 7.21.